The van der Waals surface area contributed by atoms with Crippen molar-refractivity contribution in [2.75, 3.05) is 13.1 Å². The fourth-order valence-corrected chi connectivity index (χ4v) is 5.17. The number of nitriles is 1. The number of nitrogens with zero attached hydrogens (tertiary/aromatic N) is 2. The largest absolute Gasteiger partial charge is 0.465 e. The van der Waals surface area contributed by atoms with Crippen molar-refractivity contribution >= 4 is 34.4 Å². The van der Waals surface area contributed by atoms with Gasteiger partial charge in [0.25, 0.3) is 0 Å². The van der Waals surface area contributed by atoms with Crippen LogP contribution < -0.4 is 5.32 Å². The Morgan fingerprint density at radius 3 is 2.47 bits per heavy atom. The minimum Gasteiger partial charge on any atom is -0.465 e. The van der Waals surface area contributed by atoms with Gasteiger partial charge in [-0.1, -0.05) is 48.0 Å². The average Bonchev–Trinajstić information content (AvgIpc) is 2.83. The van der Waals surface area contributed by atoms with Gasteiger partial charge in [-0.15, -0.1) is 0 Å². The van der Waals surface area contributed by atoms with Gasteiger partial charge in [0.15, 0.2) is 0 Å². The zero-order valence-electron chi connectivity index (χ0n) is 18.9. The Morgan fingerprint density at radius 1 is 1.15 bits per heavy atom. The predicted molar refractivity (Wildman–Crippen MR) is 132 cm³/mol. The number of rotatable bonds is 5. The second-order valence-electron chi connectivity index (χ2n) is 8.92. The topological polar surface area (TPSA) is 93.4 Å². The van der Waals surface area contributed by atoms with E-state index in [4.69, 9.17) is 16.9 Å². The van der Waals surface area contributed by atoms with E-state index in [1.54, 1.807) is 12.1 Å². The van der Waals surface area contributed by atoms with E-state index in [1.807, 2.05) is 55.5 Å². The molecule has 1 aliphatic rings. The van der Waals surface area contributed by atoms with Crippen LogP contribution in [0.1, 0.15) is 48.9 Å². The lowest BCUT2D eigenvalue weighted by atomic mass is 9.70. The number of carbonyl (C=O) groups excluding carboxylic acids is 1. The molecule has 1 unspecified atom stereocenters. The van der Waals surface area contributed by atoms with Gasteiger partial charge in [0, 0.05) is 29.9 Å². The molecular weight excluding hydrogens is 450 g/mol. The Balaban J connectivity index is 1.58. The molecule has 0 spiro atoms. The minimum atomic E-state index is -0.945. The molecule has 3 aromatic rings. The number of nitrogens with one attached hydrogen (secondary N) is 1. The summed E-state index contributed by atoms with van der Waals surface area (Å²) < 4.78 is 0. The summed E-state index contributed by atoms with van der Waals surface area (Å²) in [5.74, 6) is -0.107. The lowest BCUT2D eigenvalue weighted by molar-refractivity contribution is -0.123. The molecular formula is C27H26ClN3O3. The summed E-state index contributed by atoms with van der Waals surface area (Å²) in [5, 5.41) is 24.3. The molecule has 1 fully saturated rings. The Labute approximate surface area is 203 Å². The van der Waals surface area contributed by atoms with Crippen molar-refractivity contribution in [2.45, 2.75) is 37.6 Å². The van der Waals surface area contributed by atoms with E-state index in [2.05, 4.69) is 11.4 Å². The molecule has 1 heterocycles. The Hall–Kier alpha value is -3.56. The third-order valence-electron chi connectivity index (χ3n) is 6.82. The maximum absolute atomic E-state index is 13.3. The van der Waals surface area contributed by atoms with Crippen molar-refractivity contribution in [3.05, 3.63) is 82.4 Å². The number of hydrogen-bond donors (Lipinski definition) is 2. The number of fused-ring (bicyclic) bond motifs is 1. The molecule has 0 bridgehead atoms. The van der Waals surface area contributed by atoms with Gasteiger partial charge in [-0.2, -0.15) is 5.26 Å². The van der Waals surface area contributed by atoms with E-state index in [0.717, 1.165) is 21.9 Å². The van der Waals surface area contributed by atoms with Crippen molar-refractivity contribution in [1.82, 2.24) is 10.2 Å². The molecule has 0 radical (unpaired) electrons. The first-order chi connectivity index (χ1) is 16.3. The van der Waals surface area contributed by atoms with Crippen molar-refractivity contribution in [1.29, 1.82) is 5.26 Å². The van der Waals surface area contributed by atoms with Crippen LogP contribution in [0, 0.1) is 11.3 Å². The molecule has 0 aliphatic carbocycles. The van der Waals surface area contributed by atoms with Crippen LogP contribution in [0.3, 0.4) is 0 Å². The van der Waals surface area contributed by atoms with E-state index < -0.39 is 11.5 Å². The maximum Gasteiger partial charge on any atom is 0.407 e. The summed E-state index contributed by atoms with van der Waals surface area (Å²) in [5.41, 5.74) is 1.95. The SMILES string of the molecule is CC(NC(=O)CC1(c2ccc(C#N)cc2)CCN(C(=O)O)CC1)c1cc(Cl)cc2ccccc12. The molecule has 1 atom stereocenters. The van der Waals surface area contributed by atoms with Gasteiger partial charge in [0.1, 0.15) is 0 Å². The molecule has 0 aromatic heterocycles. The van der Waals surface area contributed by atoms with E-state index in [0.29, 0.717) is 36.5 Å². The van der Waals surface area contributed by atoms with Crippen LogP contribution in [0.5, 0.6) is 0 Å². The quantitative estimate of drug-likeness (QED) is 0.499. The summed E-state index contributed by atoms with van der Waals surface area (Å²) in [6.45, 7) is 2.66. The lowest BCUT2D eigenvalue weighted by Gasteiger charge is -2.41. The summed E-state index contributed by atoms with van der Waals surface area (Å²) in [7, 11) is 0. The highest BCUT2D eigenvalue weighted by atomic mass is 35.5. The highest BCUT2D eigenvalue weighted by molar-refractivity contribution is 6.31. The maximum atomic E-state index is 13.3. The van der Waals surface area contributed by atoms with Gasteiger partial charge in [-0.05, 0) is 65.9 Å². The molecule has 3 aromatic carbocycles. The molecule has 2 amide bonds. The first-order valence-corrected chi connectivity index (χ1v) is 11.7. The predicted octanol–water partition coefficient (Wildman–Crippen LogP) is 5.64. The Bertz CT molecular complexity index is 1260. The molecule has 1 saturated heterocycles. The van der Waals surface area contributed by atoms with Gasteiger partial charge >= 0.3 is 6.09 Å². The van der Waals surface area contributed by atoms with E-state index in [-0.39, 0.29) is 18.4 Å². The van der Waals surface area contributed by atoms with Crippen LogP contribution in [0.15, 0.2) is 60.7 Å². The summed E-state index contributed by atoms with van der Waals surface area (Å²) in [6, 6.07) is 20.9. The molecule has 34 heavy (non-hydrogen) atoms. The Morgan fingerprint density at radius 2 is 1.82 bits per heavy atom. The van der Waals surface area contributed by atoms with Crippen LogP contribution in [0.2, 0.25) is 5.02 Å². The number of benzene rings is 3. The van der Waals surface area contributed by atoms with Crippen LogP contribution >= 0.6 is 11.6 Å². The second kappa shape index (κ2) is 9.74. The van der Waals surface area contributed by atoms with Crippen molar-refractivity contribution in [2.24, 2.45) is 0 Å². The van der Waals surface area contributed by atoms with Crippen LogP contribution in [0.25, 0.3) is 10.8 Å². The van der Waals surface area contributed by atoms with Crippen molar-refractivity contribution < 1.29 is 14.7 Å². The number of halogens is 1. The molecule has 6 nitrogen and oxygen atoms in total. The molecule has 7 heteroatoms. The van der Waals surface area contributed by atoms with Gasteiger partial charge in [-0.3, -0.25) is 4.79 Å². The first kappa shape index (κ1) is 23.6. The zero-order chi connectivity index (χ0) is 24.3. The second-order valence-corrected chi connectivity index (χ2v) is 9.36. The van der Waals surface area contributed by atoms with Crippen LogP contribution in [-0.2, 0) is 10.2 Å². The summed E-state index contributed by atoms with van der Waals surface area (Å²) >= 11 is 6.34. The van der Waals surface area contributed by atoms with E-state index in [1.165, 1.54) is 4.90 Å². The van der Waals surface area contributed by atoms with Crippen molar-refractivity contribution in [3.63, 3.8) is 0 Å². The number of amides is 2. The first-order valence-electron chi connectivity index (χ1n) is 11.3. The van der Waals surface area contributed by atoms with Crippen LogP contribution in [0.4, 0.5) is 4.79 Å². The zero-order valence-corrected chi connectivity index (χ0v) is 19.7. The molecule has 174 valence electrons. The third-order valence-corrected chi connectivity index (χ3v) is 7.04. The number of likely N-dealkylation sites (tertiary alicyclic amines) is 1. The van der Waals surface area contributed by atoms with Crippen LogP contribution in [-0.4, -0.2) is 35.1 Å². The standard InChI is InChI=1S/C27H26ClN3O3/c1-18(24-15-22(28)14-20-4-2-3-5-23(20)24)30-25(32)16-27(10-12-31(13-11-27)26(33)34)21-8-6-19(17-29)7-9-21/h2-9,14-15,18H,10-13,16H2,1H3,(H,30,32)(H,33,34). The fourth-order valence-electron chi connectivity index (χ4n) is 4.93. The highest BCUT2D eigenvalue weighted by Crippen LogP contribution is 2.39. The molecule has 4 rings (SSSR count). The number of piperidine rings is 1. The Kier molecular flexibility index (Phi) is 6.76. The highest BCUT2D eigenvalue weighted by Gasteiger charge is 2.39. The van der Waals surface area contributed by atoms with Crippen molar-refractivity contribution in [3.8, 4) is 6.07 Å². The monoisotopic (exact) mass is 475 g/mol. The summed E-state index contributed by atoms with van der Waals surface area (Å²) in [6.07, 6.45) is 0.356. The number of hydrogen-bond acceptors (Lipinski definition) is 3. The lowest BCUT2D eigenvalue weighted by Crippen LogP contribution is -2.47. The summed E-state index contributed by atoms with van der Waals surface area (Å²) in [4.78, 5) is 26.1. The molecule has 1 aliphatic heterocycles. The van der Waals surface area contributed by atoms with Gasteiger partial charge in [-0.25, -0.2) is 4.79 Å². The molecule has 2 N–H and O–H groups in total. The normalized spacial score (nSPS) is 16.0. The fraction of sp³-hybridized carbons (Fsp3) is 0.296. The number of carbonyl (C=O) groups is 2. The van der Waals surface area contributed by atoms with E-state index in [9.17, 15) is 14.7 Å². The van der Waals surface area contributed by atoms with Gasteiger partial charge in [0.05, 0.1) is 17.7 Å². The number of carboxylic acid groups (broad SMARTS) is 1. The average molecular weight is 476 g/mol. The van der Waals surface area contributed by atoms with Gasteiger partial charge in [0.2, 0.25) is 5.91 Å². The third kappa shape index (κ3) is 4.85. The molecule has 0 saturated carbocycles. The minimum absolute atomic E-state index is 0.107. The van der Waals surface area contributed by atoms with E-state index >= 15 is 0 Å². The van der Waals surface area contributed by atoms with Gasteiger partial charge < -0.3 is 15.3 Å². The smallest absolute Gasteiger partial charge is 0.407 e.